The van der Waals surface area contributed by atoms with Gasteiger partial charge in [-0.2, -0.15) is 4.98 Å². The predicted molar refractivity (Wildman–Crippen MR) is 107 cm³/mol. The van der Waals surface area contributed by atoms with Crippen molar-refractivity contribution in [2.45, 2.75) is 6.92 Å². The van der Waals surface area contributed by atoms with Crippen LogP contribution in [-0.4, -0.2) is 58.5 Å². The Balaban J connectivity index is 1.39. The van der Waals surface area contributed by atoms with E-state index in [1.807, 2.05) is 29.3 Å². The average Bonchev–Trinajstić information content (AvgIpc) is 3.40. The summed E-state index contributed by atoms with van der Waals surface area (Å²) >= 11 is 3.08. The normalized spacial score (nSPS) is 14.4. The number of carbonyl (C=O) groups is 1. The summed E-state index contributed by atoms with van der Waals surface area (Å²) in [7, 11) is 0. The minimum atomic E-state index is 0.0407. The van der Waals surface area contributed by atoms with E-state index in [0.717, 1.165) is 9.88 Å². The highest BCUT2D eigenvalue weighted by Crippen LogP contribution is 2.29. The van der Waals surface area contributed by atoms with Gasteiger partial charge < -0.3 is 14.5 Å². The fourth-order valence-electron chi connectivity index (χ4n) is 2.87. The minimum Gasteiger partial charge on any atom is -0.478 e. The first-order valence-corrected chi connectivity index (χ1v) is 10.4. The van der Waals surface area contributed by atoms with Crippen LogP contribution in [0.15, 0.2) is 36.0 Å². The molecule has 1 aliphatic rings. The minimum absolute atomic E-state index is 0.0407. The number of rotatable bonds is 5. The molecule has 4 heterocycles. The van der Waals surface area contributed by atoms with Crippen LogP contribution in [0, 0.1) is 0 Å². The summed E-state index contributed by atoms with van der Waals surface area (Å²) in [5.74, 6) is 1.26. The van der Waals surface area contributed by atoms with Crippen molar-refractivity contribution in [1.82, 2.24) is 19.9 Å². The molecule has 3 aromatic heterocycles. The second-order valence-electron chi connectivity index (χ2n) is 5.91. The van der Waals surface area contributed by atoms with E-state index < -0.39 is 0 Å². The van der Waals surface area contributed by atoms with Crippen LogP contribution in [0.3, 0.4) is 0 Å². The summed E-state index contributed by atoms with van der Waals surface area (Å²) in [6.45, 7) is 5.15. The summed E-state index contributed by atoms with van der Waals surface area (Å²) in [6, 6.07) is 5.76. The topological polar surface area (TPSA) is 71.5 Å². The molecular formula is C18H19N5O2S2. The third-order valence-corrected chi connectivity index (χ3v) is 6.23. The lowest BCUT2D eigenvalue weighted by Crippen LogP contribution is -2.49. The number of aromatic nitrogens is 3. The fraction of sp³-hybridized carbons (Fsp3) is 0.333. The zero-order chi connectivity index (χ0) is 18.6. The molecule has 0 spiro atoms. The SMILES string of the molecule is CCOc1ccnc(N2CCN(C(=O)c3cnc(-c4cccs4)s3)CC2)n1. The maximum Gasteiger partial charge on any atom is 0.265 e. The van der Waals surface area contributed by atoms with E-state index in [4.69, 9.17) is 4.74 Å². The molecule has 0 aliphatic carbocycles. The Morgan fingerprint density at radius 2 is 2.07 bits per heavy atom. The molecule has 3 aromatic rings. The van der Waals surface area contributed by atoms with Crippen LogP contribution in [-0.2, 0) is 0 Å². The summed E-state index contributed by atoms with van der Waals surface area (Å²) in [4.78, 5) is 31.7. The van der Waals surface area contributed by atoms with Gasteiger partial charge in [-0.05, 0) is 18.4 Å². The van der Waals surface area contributed by atoms with Gasteiger partial charge in [-0.25, -0.2) is 9.97 Å². The molecule has 0 bridgehead atoms. The number of hydrogen-bond acceptors (Lipinski definition) is 8. The largest absolute Gasteiger partial charge is 0.478 e. The van der Waals surface area contributed by atoms with Crippen LogP contribution in [0.4, 0.5) is 5.95 Å². The molecule has 140 valence electrons. The molecule has 0 saturated carbocycles. The quantitative estimate of drug-likeness (QED) is 0.654. The number of thiazole rings is 1. The van der Waals surface area contributed by atoms with Crippen LogP contribution in [0.2, 0.25) is 0 Å². The number of thiophene rings is 1. The molecule has 27 heavy (non-hydrogen) atoms. The van der Waals surface area contributed by atoms with Gasteiger partial charge in [0.05, 0.1) is 17.7 Å². The van der Waals surface area contributed by atoms with Gasteiger partial charge >= 0.3 is 0 Å². The standard InChI is InChI=1S/C18H19N5O2S2/c1-2-25-15-5-6-19-18(21-15)23-9-7-22(8-10-23)17(24)14-12-20-16(27-14)13-4-3-11-26-13/h3-6,11-12H,2,7-10H2,1H3. The number of piperazine rings is 1. The Kier molecular flexibility index (Phi) is 5.30. The van der Waals surface area contributed by atoms with Crippen LogP contribution in [0.5, 0.6) is 5.88 Å². The Morgan fingerprint density at radius 1 is 1.22 bits per heavy atom. The highest BCUT2D eigenvalue weighted by Gasteiger charge is 2.25. The Bertz CT molecular complexity index is 904. The molecule has 0 radical (unpaired) electrons. The molecule has 1 amide bonds. The van der Waals surface area contributed by atoms with Crippen LogP contribution < -0.4 is 9.64 Å². The highest BCUT2D eigenvalue weighted by molar-refractivity contribution is 7.21. The van der Waals surface area contributed by atoms with E-state index in [2.05, 4.69) is 19.9 Å². The molecule has 7 nitrogen and oxygen atoms in total. The number of ether oxygens (including phenoxy) is 1. The van der Waals surface area contributed by atoms with Gasteiger partial charge in [-0.1, -0.05) is 6.07 Å². The Morgan fingerprint density at radius 3 is 2.81 bits per heavy atom. The Hall–Kier alpha value is -2.52. The van der Waals surface area contributed by atoms with Crippen molar-refractivity contribution >= 4 is 34.5 Å². The third kappa shape index (κ3) is 3.93. The number of amides is 1. The van der Waals surface area contributed by atoms with E-state index in [9.17, 15) is 4.79 Å². The lowest BCUT2D eigenvalue weighted by atomic mass is 10.3. The molecular weight excluding hydrogens is 382 g/mol. The summed E-state index contributed by atoms with van der Waals surface area (Å²) < 4.78 is 5.44. The first-order chi connectivity index (χ1) is 13.2. The van der Waals surface area contributed by atoms with E-state index >= 15 is 0 Å². The first kappa shape index (κ1) is 17.9. The van der Waals surface area contributed by atoms with Crippen LogP contribution in [0.1, 0.15) is 16.6 Å². The van der Waals surface area contributed by atoms with E-state index in [1.54, 1.807) is 29.8 Å². The van der Waals surface area contributed by atoms with Crippen LogP contribution >= 0.6 is 22.7 Å². The van der Waals surface area contributed by atoms with Crippen molar-refractivity contribution in [1.29, 1.82) is 0 Å². The zero-order valence-electron chi connectivity index (χ0n) is 14.9. The van der Waals surface area contributed by atoms with Gasteiger partial charge in [-0.15, -0.1) is 22.7 Å². The van der Waals surface area contributed by atoms with Crippen LogP contribution in [0.25, 0.3) is 9.88 Å². The summed E-state index contributed by atoms with van der Waals surface area (Å²) in [6.07, 6.45) is 3.39. The number of anilines is 1. The molecule has 4 rings (SSSR count). The maximum absolute atomic E-state index is 12.8. The van der Waals surface area contributed by atoms with Crippen molar-refractivity contribution in [2.24, 2.45) is 0 Å². The van der Waals surface area contributed by atoms with Crippen molar-refractivity contribution in [3.8, 4) is 15.8 Å². The van der Waals surface area contributed by atoms with Crippen molar-refractivity contribution < 1.29 is 9.53 Å². The molecule has 1 saturated heterocycles. The lowest BCUT2D eigenvalue weighted by Gasteiger charge is -2.34. The smallest absolute Gasteiger partial charge is 0.265 e. The lowest BCUT2D eigenvalue weighted by molar-refractivity contribution is 0.0750. The van der Waals surface area contributed by atoms with E-state index in [-0.39, 0.29) is 5.91 Å². The second-order valence-corrected chi connectivity index (χ2v) is 7.89. The molecule has 0 atom stereocenters. The number of hydrogen-bond donors (Lipinski definition) is 0. The molecule has 0 aromatic carbocycles. The maximum atomic E-state index is 12.8. The van der Waals surface area contributed by atoms with Gasteiger partial charge in [-0.3, -0.25) is 4.79 Å². The Labute approximate surface area is 165 Å². The highest BCUT2D eigenvalue weighted by atomic mass is 32.1. The van der Waals surface area contributed by atoms with Gasteiger partial charge in [0.2, 0.25) is 11.8 Å². The second kappa shape index (κ2) is 8.01. The van der Waals surface area contributed by atoms with Crippen molar-refractivity contribution in [3.63, 3.8) is 0 Å². The third-order valence-electron chi connectivity index (χ3n) is 4.21. The molecule has 1 fully saturated rings. The van der Waals surface area contributed by atoms with Gasteiger partial charge in [0.15, 0.2) is 0 Å². The summed E-state index contributed by atoms with van der Waals surface area (Å²) in [5, 5.41) is 2.91. The predicted octanol–water partition coefficient (Wildman–Crippen LogP) is 3.02. The fourth-order valence-corrected chi connectivity index (χ4v) is 4.55. The van der Waals surface area contributed by atoms with Crippen molar-refractivity contribution in [2.75, 3.05) is 37.7 Å². The molecule has 1 aliphatic heterocycles. The van der Waals surface area contributed by atoms with E-state index in [1.165, 1.54) is 11.3 Å². The molecule has 0 unspecified atom stereocenters. The van der Waals surface area contributed by atoms with Gasteiger partial charge in [0.1, 0.15) is 9.88 Å². The zero-order valence-corrected chi connectivity index (χ0v) is 16.5. The summed E-state index contributed by atoms with van der Waals surface area (Å²) in [5.41, 5.74) is 0. The molecule has 9 heteroatoms. The first-order valence-electron chi connectivity index (χ1n) is 8.74. The molecule has 0 N–H and O–H groups in total. The number of carbonyl (C=O) groups excluding carboxylic acids is 1. The van der Waals surface area contributed by atoms with Gasteiger partial charge in [0.25, 0.3) is 5.91 Å². The van der Waals surface area contributed by atoms with Gasteiger partial charge in [0, 0.05) is 38.4 Å². The monoisotopic (exact) mass is 401 g/mol. The van der Waals surface area contributed by atoms with E-state index in [0.29, 0.717) is 49.5 Å². The average molecular weight is 402 g/mol. The van der Waals surface area contributed by atoms with Crippen molar-refractivity contribution in [3.05, 3.63) is 40.8 Å². The number of nitrogens with zero attached hydrogens (tertiary/aromatic N) is 5.